The number of hydrogen-bond donors (Lipinski definition) is 20. The molecular weight excluding hydrogens is 1110 g/mol. The van der Waals surface area contributed by atoms with Gasteiger partial charge >= 0.3 is 0 Å². The first-order chi connectivity index (χ1) is 39.6. The van der Waals surface area contributed by atoms with Crippen LogP contribution in [0.5, 0.6) is 0 Å². The first-order valence-corrected chi connectivity index (χ1v) is 28.3. The minimum Gasteiger partial charge on any atom is -0.370 e. The number of guanidine groups is 7. The number of ketones is 4. The number of carbonyl (C=O) groups is 8. The van der Waals surface area contributed by atoms with Crippen molar-refractivity contribution in [2.45, 2.75) is 140 Å². The van der Waals surface area contributed by atoms with E-state index in [2.05, 4.69) is 63.5 Å². The topological polar surface area (TPSA) is 675 Å². The van der Waals surface area contributed by atoms with Crippen LogP contribution < -0.4 is 108 Å². The Hall–Kier alpha value is -8.24. The second-order valence-electron chi connectivity index (χ2n) is 20.0. The van der Waals surface area contributed by atoms with Crippen molar-refractivity contribution in [1.29, 1.82) is 0 Å². The van der Waals surface area contributed by atoms with E-state index in [1.165, 1.54) is 0 Å². The lowest BCUT2D eigenvalue weighted by molar-refractivity contribution is -0.136. The van der Waals surface area contributed by atoms with Crippen molar-refractivity contribution in [2.75, 3.05) is 51.6 Å². The van der Waals surface area contributed by atoms with Crippen LogP contribution in [0.15, 0.2) is 34.9 Å². The van der Waals surface area contributed by atoms with Crippen LogP contribution in [0.4, 0.5) is 0 Å². The van der Waals surface area contributed by atoms with Gasteiger partial charge in [-0.1, -0.05) is 0 Å². The standard InChI is InChI=1S/C49H96N26O8S/c50-31(26-84)35(76)23-28(9-2-16-67-44(54)55)40(81)74-33(13-6-20-71-48(62)63)37(78)25-30(11-4-18-69-46(58)59)42(83)75-34(14-7-21-72-49(64)65)38(79)24-29(10-3-17-68-45(56)57)41(82)73-32(12-5-19-70-47(60)61)36(77)22-27(39(51)80)8-1-15-66-43(52)53/h27-34,84H,1-26,50H2,(H2,51,80)(H,73,82)(H,74,81)(H,75,83)(H4,52,53,66)(H4,54,55,67)(H4,56,57,68)(H4,58,59,69)(H4,60,61,70)(H4,62,63,71)(H4,64,65,72)/t27-,28-,29-,30-,31?,32?,33?,34?/m1/s1. The maximum atomic E-state index is 14.7. The summed E-state index contributed by atoms with van der Waals surface area (Å²) in [5.41, 5.74) is 89.1. The van der Waals surface area contributed by atoms with E-state index < -0.39 is 107 Å². The highest BCUT2D eigenvalue weighted by Gasteiger charge is 2.35. The van der Waals surface area contributed by atoms with E-state index in [1.54, 1.807) is 0 Å². The predicted octanol–water partition coefficient (Wildman–Crippen LogP) is -7.14. The molecule has 0 aromatic carbocycles. The molecule has 0 spiro atoms. The highest BCUT2D eigenvalue weighted by atomic mass is 32.1. The van der Waals surface area contributed by atoms with Crippen LogP contribution in [0, 0.1) is 23.7 Å². The van der Waals surface area contributed by atoms with Gasteiger partial charge in [0.25, 0.3) is 0 Å². The Morgan fingerprint density at radius 1 is 0.310 bits per heavy atom. The summed E-state index contributed by atoms with van der Waals surface area (Å²) in [5, 5.41) is 8.33. The molecule has 0 bridgehead atoms. The normalized spacial score (nSPS) is 13.6. The van der Waals surface area contributed by atoms with Gasteiger partial charge in [0.1, 0.15) is 0 Å². The highest BCUT2D eigenvalue weighted by molar-refractivity contribution is 7.80. The third-order valence-electron chi connectivity index (χ3n) is 12.9. The Morgan fingerprint density at radius 2 is 0.512 bits per heavy atom. The molecule has 4 unspecified atom stereocenters. The van der Waals surface area contributed by atoms with Crippen molar-refractivity contribution in [3.8, 4) is 0 Å². The summed E-state index contributed by atoms with van der Waals surface area (Å²) in [6, 6.07) is -4.76. The average molecular weight is 1210 g/mol. The van der Waals surface area contributed by atoms with E-state index in [0.717, 1.165) is 0 Å². The molecule has 34 nitrogen and oxygen atoms in total. The second kappa shape index (κ2) is 43.4. The fourth-order valence-electron chi connectivity index (χ4n) is 8.48. The zero-order valence-electron chi connectivity index (χ0n) is 48.1. The quantitative estimate of drug-likeness (QED) is 0.0116. The molecule has 0 rings (SSSR count). The molecule has 35 heteroatoms. The molecule has 0 heterocycles. The van der Waals surface area contributed by atoms with E-state index in [-0.39, 0.29) is 190 Å². The van der Waals surface area contributed by atoms with Gasteiger partial charge in [0.2, 0.25) is 23.6 Å². The number of primary amides is 1. The molecule has 0 saturated carbocycles. The Morgan fingerprint density at radius 3 is 0.726 bits per heavy atom. The molecule has 0 saturated heterocycles. The number of thiol groups is 1. The number of carbonyl (C=O) groups excluding carboxylic acids is 8. The molecule has 8 atom stereocenters. The zero-order chi connectivity index (χ0) is 63.7. The highest BCUT2D eigenvalue weighted by Crippen LogP contribution is 2.22. The number of aliphatic imine (C=N–C) groups is 7. The lowest BCUT2D eigenvalue weighted by atomic mass is 9.88. The number of nitrogens with one attached hydrogen (secondary N) is 3. The lowest BCUT2D eigenvalue weighted by Gasteiger charge is -2.26. The van der Waals surface area contributed by atoms with E-state index in [1.807, 2.05) is 0 Å². The predicted molar refractivity (Wildman–Crippen MR) is 329 cm³/mol. The molecule has 0 fully saturated rings. The summed E-state index contributed by atoms with van der Waals surface area (Å²) in [6.07, 6.45) is -0.00281. The third-order valence-corrected chi connectivity index (χ3v) is 13.3. The minimum atomic E-state index is -1.32. The molecule has 0 aliphatic heterocycles. The number of hydrogen-bond acceptors (Lipinski definition) is 17. The second-order valence-corrected chi connectivity index (χ2v) is 20.4. The van der Waals surface area contributed by atoms with Crippen LogP contribution in [0.25, 0.3) is 0 Å². The van der Waals surface area contributed by atoms with Crippen molar-refractivity contribution in [3.63, 3.8) is 0 Å². The smallest absolute Gasteiger partial charge is 0.224 e. The molecule has 4 amide bonds. The van der Waals surface area contributed by atoms with Gasteiger partial charge in [0.15, 0.2) is 64.8 Å². The molecule has 84 heavy (non-hydrogen) atoms. The summed E-state index contributed by atoms with van der Waals surface area (Å²) in [5.74, 6) is -10.9. The molecule has 0 radical (unpaired) electrons. The molecule has 0 aliphatic rings. The number of nitrogens with zero attached hydrogens (tertiary/aromatic N) is 7. The number of rotatable bonds is 48. The third kappa shape index (κ3) is 37.0. The molecule has 0 aromatic rings. The maximum absolute atomic E-state index is 14.7. The van der Waals surface area contributed by atoms with Crippen molar-refractivity contribution >= 4 is 101 Å². The molecule has 0 aromatic heterocycles. The fraction of sp³-hybridized carbons (Fsp3) is 0.694. The molecule has 476 valence electrons. The van der Waals surface area contributed by atoms with Crippen LogP contribution in [-0.4, -0.2) is 164 Å². The molecular formula is C49H96N26O8S. The Labute approximate surface area is 495 Å². The van der Waals surface area contributed by atoms with E-state index in [4.69, 9.17) is 91.7 Å². The van der Waals surface area contributed by atoms with Crippen LogP contribution in [0.3, 0.4) is 0 Å². The summed E-state index contributed by atoms with van der Waals surface area (Å²) in [7, 11) is 0. The summed E-state index contributed by atoms with van der Waals surface area (Å²) in [6.45, 7) is 0.557. The summed E-state index contributed by atoms with van der Waals surface area (Å²) in [4.78, 5) is 140. The first kappa shape index (κ1) is 75.8. The van der Waals surface area contributed by atoms with E-state index >= 15 is 0 Å². The SMILES string of the molecule is NC(=O)[C@H](CCCN=C(N)N)CC(=O)C(CCCN=C(N)N)NC(=O)[C@H](CCCN=C(N)N)CC(=O)C(CCCN=C(N)N)NC(=O)[C@H](CCCN=C(N)N)CC(=O)C(CCCN=C(N)N)NC(=O)[C@H](CCCN=C(N)N)CC(=O)C(N)CS. The van der Waals surface area contributed by atoms with E-state index in [0.29, 0.717) is 6.42 Å². The fourth-order valence-corrected chi connectivity index (χ4v) is 8.68. The van der Waals surface area contributed by atoms with Gasteiger partial charge in [-0.2, -0.15) is 12.6 Å². The largest absolute Gasteiger partial charge is 0.370 e. The lowest BCUT2D eigenvalue weighted by Crippen LogP contribution is -2.48. The first-order valence-electron chi connectivity index (χ1n) is 27.6. The Balaban J connectivity index is 7.42. The van der Waals surface area contributed by atoms with Gasteiger partial charge in [-0.3, -0.25) is 73.3 Å². The van der Waals surface area contributed by atoms with Crippen LogP contribution in [-0.2, 0) is 38.4 Å². The van der Waals surface area contributed by atoms with Gasteiger partial charge in [0, 0.05) is 101 Å². The van der Waals surface area contributed by atoms with Crippen molar-refractivity contribution in [2.24, 2.45) is 150 Å². The Bertz CT molecular complexity index is 2300. The van der Waals surface area contributed by atoms with Crippen molar-refractivity contribution < 1.29 is 38.4 Å². The summed E-state index contributed by atoms with van der Waals surface area (Å²) < 4.78 is 0. The monoisotopic (exact) mass is 1210 g/mol. The average Bonchev–Trinajstić information content (AvgIpc) is 3.58. The maximum Gasteiger partial charge on any atom is 0.224 e. The number of Topliss-reactive ketones (excluding diaryl/α,β-unsaturated/α-hetero) is 4. The van der Waals surface area contributed by atoms with E-state index in [9.17, 15) is 38.4 Å². The van der Waals surface area contributed by atoms with Gasteiger partial charge in [-0.25, -0.2) is 0 Å². The number of amides is 4. The zero-order valence-corrected chi connectivity index (χ0v) is 49.0. The van der Waals surface area contributed by atoms with Gasteiger partial charge < -0.3 is 108 Å². The van der Waals surface area contributed by atoms with Crippen LogP contribution >= 0.6 is 12.6 Å². The van der Waals surface area contributed by atoms with Gasteiger partial charge in [-0.15, -0.1) is 0 Å². The van der Waals surface area contributed by atoms with Crippen LogP contribution in [0.1, 0.15) is 116 Å². The van der Waals surface area contributed by atoms with Crippen LogP contribution in [0.2, 0.25) is 0 Å². The van der Waals surface area contributed by atoms with Gasteiger partial charge in [-0.05, 0) is 89.9 Å². The molecule has 35 N–H and O–H groups in total. The minimum absolute atomic E-state index is 0.00186. The van der Waals surface area contributed by atoms with Crippen molar-refractivity contribution in [1.82, 2.24) is 16.0 Å². The Kier molecular flexibility index (Phi) is 39.2. The molecule has 0 aliphatic carbocycles. The number of nitrogens with two attached hydrogens (primary N) is 16. The van der Waals surface area contributed by atoms with Crippen molar-refractivity contribution in [3.05, 3.63) is 0 Å². The van der Waals surface area contributed by atoms with Gasteiger partial charge in [0.05, 0.1) is 24.2 Å². The summed E-state index contributed by atoms with van der Waals surface area (Å²) >= 11 is 4.12.